The van der Waals surface area contributed by atoms with E-state index in [0.717, 1.165) is 0 Å². The normalized spacial score (nSPS) is 22.3. The summed E-state index contributed by atoms with van der Waals surface area (Å²) in [6, 6.07) is 3.84. The number of hydrogen-bond acceptors (Lipinski definition) is 7. The van der Waals surface area contributed by atoms with Crippen LogP contribution in [-0.2, 0) is 21.8 Å². The van der Waals surface area contributed by atoms with Crippen molar-refractivity contribution in [1.82, 2.24) is 19.4 Å². The number of anilines is 1. The predicted octanol–water partition coefficient (Wildman–Crippen LogP) is 2.98. The van der Waals surface area contributed by atoms with Crippen molar-refractivity contribution in [3.8, 4) is 5.75 Å². The quantitative estimate of drug-likeness (QED) is 0.578. The Morgan fingerprint density at radius 3 is 2.53 bits per heavy atom. The molecule has 1 aliphatic heterocycles. The number of nitrogens with zero attached hydrogens (tertiary/aromatic N) is 4. The lowest BCUT2D eigenvalue weighted by molar-refractivity contribution is -0.140. The number of aryl methyl sites for hydroxylation is 1. The zero-order chi connectivity index (χ0) is 28.3. The van der Waals surface area contributed by atoms with E-state index in [-0.39, 0.29) is 53.5 Å². The van der Waals surface area contributed by atoms with Crippen LogP contribution in [0.1, 0.15) is 30.6 Å². The number of ether oxygens (including phenoxy) is 2. The number of alkyl halides is 3. The number of likely N-dealkylation sites (N-methyl/N-ethyl adjacent to an activating group) is 1. The van der Waals surface area contributed by atoms with Gasteiger partial charge in [0.25, 0.3) is 15.9 Å². The maximum atomic E-state index is 13.3. The van der Waals surface area contributed by atoms with Gasteiger partial charge < -0.3 is 18.9 Å². The second-order valence-corrected chi connectivity index (χ2v) is 11.3. The third kappa shape index (κ3) is 7.60. The summed E-state index contributed by atoms with van der Waals surface area (Å²) >= 11 is 0. The topological polar surface area (TPSA) is 106 Å². The van der Waals surface area contributed by atoms with E-state index in [0.29, 0.717) is 6.54 Å². The average Bonchev–Trinajstić information content (AvgIpc) is 3.29. The lowest BCUT2D eigenvalue weighted by Crippen LogP contribution is -2.47. The number of rotatable bonds is 6. The van der Waals surface area contributed by atoms with Gasteiger partial charge in [-0.05, 0) is 25.0 Å². The van der Waals surface area contributed by atoms with Crippen LogP contribution in [-0.4, -0.2) is 92.4 Å². The average molecular weight is 562 g/mol. The molecule has 2 heterocycles. The predicted molar refractivity (Wildman–Crippen MR) is 135 cm³/mol. The summed E-state index contributed by atoms with van der Waals surface area (Å²) < 4.78 is 80.0. The number of methoxy groups -OCH3 is 1. The van der Waals surface area contributed by atoms with Gasteiger partial charge in [-0.1, -0.05) is 6.92 Å². The summed E-state index contributed by atoms with van der Waals surface area (Å²) in [6.45, 7) is 3.88. The van der Waals surface area contributed by atoms with Gasteiger partial charge in [-0.15, -0.1) is 0 Å². The summed E-state index contributed by atoms with van der Waals surface area (Å²) in [4.78, 5) is 20.3. The molecule has 0 fully saturated rings. The number of imidazole rings is 1. The smallest absolute Gasteiger partial charge is 0.390 e. The van der Waals surface area contributed by atoms with Gasteiger partial charge in [-0.3, -0.25) is 14.4 Å². The molecular formula is C24H34F3N5O5S. The molecule has 1 aromatic heterocycles. The molecule has 0 saturated carbocycles. The highest BCUT2D eigenvalue weighted by Gasteiger charge is 2.32. The van der Waals surface area contributed by atoms with Crippen LogP contribution in [0.5, 0.6) is 5.75 Å². The molecule has 2 aromatic rings. The summed E-state index contributed by atoms with van der Waals surface area (Å²) in [7, 11) is 0.733. The van der Waals surface area contributed by atoms with Crippen LogP contribution in [0.25, 0.3) is 0 Å². The van der Waals surface area contributed by atoms with Crippen molar-refractivity contribution in [1.29, 1.82) is 0 Å². The van der Waals surface area contributed by atoms with Gasteiger partial charge in [0.2, 0.25) is 0 Å². The summed E-state index contributed by atoms with van der Waals surface area (Å²) in [5.41, 5.74) is 0.326. The number of benzene rings is 1. The molecule has 0 aliphatic carbocycles. The minimum atomic E-state index is -4.31. The van der Waals surface area contributed by atoms with E-state index in [1.54, 1.807) is 25.9 Å². The van der Waals surface area contributed by atoms with Gasteiger partial charge in [-0.2, -0.15) is 21.6 Å². The van der Waals surface area contributed by atoms with Crippen LogP contribution in [0.3, 0.4) is 0 Å². The second kappa shape index (κ2) is 11.9. The van der Waals surface area contributed by atoms with E-state index < -0.39 is 34.8 Å². The summed E-state index contributed by atoms with van der Waals surface area (Å²) in [5.74, 6) is -0.433. The summed E-state index contributed by atoms with van der Waals surface area (Å²) in [6.07, 6.45) is -3.01. The Labute approximate surface area is 220 Å². The van der Waals surface area contributed by atoms with Gasteiger partial charge >= 0.3 is 6.18 Å². The number of amides is 1. The largest absolute Gasteiger partial charge is 0.491 e. The number of carbonyl (C=O) groups is 1. The molecule has 10 nitrogen and oxygen atoms in total. The van der Waals surface area contributed by atoms with Crippen molar-refractivity contribution in [2.45, 2.75) is 43.6 Å². The van der Waals surface area contributed by atoms with E-state index in [2.05, 4.69) is 9.71 Å². The number of fused-ring (bicyclic) bond motifs is 1. The Morgan fingerprint density at radius 1 is 1.21 bits per heavy atom. The molecule has 3 atom stereocenters. The van der Waals surface area contributed by atoms with Crippen molar-refractivity contribution in [2.75, 3.05) is 45.1 Å². The zero-order valence-electron chi connectivity index (χ0n) is 22.0. The van der Waals surface area contributed by atoms with Gasteiger partial charge in [0.1, 0.15) is 12.4 Å². The van der Waals surface area contributed by atoms with Crippen molar-refractivity contribution < 1.29 is 35.9 Å². The van der Waals surface area contributed by atoms with Crippen molar-refractivity contribution in [3.05, 3.63) is 36.3 Å². The standard InChI is InChI=1S/C24H34F3N5O5S/c1-16-11-32(9-8-24(25,26)27)17(2)14-37-20-10-18(29-38(34,35)22-13-30(3)15-28-22)6-7-19(20)23(33)31(4)12-21(16)36-5/h6-7,10,13,15-17,21,29H,8-9,11-12,14H2,1-5H3/t16-,17+,21+/m0/s1. The van der Waals surface area contributed by atoms with Gasteiger partial charge in [0, 0.05) is 59.1 Å². The van der Waals surface area contributed by atoms with E-state index in [1.165, 1.54) is 47.3 Å². The number of halogens is 3. The maximum Gasteiger partial charge on any atom is 0.390 e. The Hall–Kier alpha value is -2.84. The summed E-state index contributed by atoms with van der Waals surface area (Å²) in [5, 5.41) is -0.182. The van der Waals surface area contributed by atoms with Gasteiger partial charge in [0.05, 0.1) is 30.1 Å². The van der Waals surface area contributed by atoms with Crippen LogP contribution in [0, 0.1) is 5.92 Å². The van der Waals surface area contributed by atoms with Crippen LogP contribution >= 0.6 is 0 Å². The van der Waals surface area contributed by atoms with E-state index in [4.69, 9.17) is 9.47 Å². The highest BCUT2D eigenvalue weighted by molar-refractivity contribution is 7.92. The molecule has 1 aliphatic rings. The molecule has 0 spiro atoms. The lowest BCUT2D eigenvalue weighted by atomic mass is 10.0. The molecule has 1 amide bonds. The van der Waals surface area contributed by atoms with Gasteiger partial charge in [-0.25, -0.2) is 4.98 Å². The Kier molecular flexibility index (Phi) is 9.31. The molecule has 0 unspecified atom stereocenters. The van der Waals surface area contributed by atoms with Crippen LogP contribution in [0.15, 0.2) is 35.7 Å². The number of aromatic nitrogens is 2. The highest BCUT2D eigenvalue weighted by Crippen LogP contribution is 2.28. The highest BCUT2D eigenvalue weighted by atomic mass is 32.2. The molecule has 1 aromatic carbocycles. The molecule has 0 saturated heterocycles. The first-order valence-electron chi connectivity index (χ1n) is 12.1. The van der Waals surface area contributed by atoms with E-state index >= 15 is 0 Å². The molecular weight excluding hydrogens is 527 g/mol. The molecule has 3 rings (SSSR count). The van der Waals surface area contributed by atoms with Crippen molar-refractivity contribution in [2.24, 2.45) is 13.0 Å². The Balaban J connectivity index is 1.94. The fourth-order valence-corrected chi connectivity index (χ4v) is 5.26. The molecule has 212 valence electrons. The third-order valence-corrected chi connectivity index (χ3v) is 7.73. The van der Waals surface area contributed by atoms with Crippen LogP contribution in [0.2, 0.25) is 0 Å². The number of sulfonamides is 1. The number of nitrogens with one attached hydrogen (secondary N) is 1. The van der Waals surface area contributed by atoms with Crippen LogP contribution < -0.4 is 9.46 Å². The molecule has 1 N–H and O–H groups in total. The van der Waals surface area contributed by atoms with Crippen LogP contribution in [0.4, 0.5) is 18.9 Å². The first-order valence-corrected chi connectivity index (χ1v) is 13.5. The lowest BCUT2D eigenvalue weighted by Gasteiger charge is -2.36. The molecule has 38 heavy (non-hydrogen) atoms. The third-order valence-electron chi connectivity index (χ3n) is 6.47. The first-order chi connectivity index (χ1) is 17.7. The maximum absolute atomic E-state index is 13.3. The minimum absolute atomic E-state index is 0.0251. The molecule has 14 heteroatoms. The Bertz CT molecular complexity index is 1220. The fraction of sp³-hybridized carbons (Fsp3) is 0.583. The zero-order valence-corrected chi connectivity index (χ0v) is 22.8. The SMILES string of the molecule is CO[C@@H]1CN(C)C(=O)c2ccc(NS(=O)(=O)c3cn(C)cn3)cc2OC[C@@H](C)N(CCC(F)(F)F)C[C@@H]1C. The number of hydrogen-bond donors (Lipinski definition) is 1. The van der Waals surface area contributed by atoms with Gasteiger partial charge in [0.15, 0.2) is 5.03 Å². The molecule has 0 bridgehead atoms. The second-order valence-electron chi connectivity index (χ2n) is 9.65. The van der Waals surface area contributed by atoms with E-state index in [9.17, 15) is 26.4 Å². The number of carbonyl (C=O) groups excluding carboxylic acids is 1. The van der Waals surface area contributed by atoms with Crippen molar-refractivity contribution >= 4 is 21.6 Å². The molecule has 0 radical (unpaired) electrons. The fourth-order valence-electron chi connectivity index (χ4n) is 4.23. The monoisotopic (exact) mass is 561 g/mol. The first kappa shape index (κ1) is 29.7. The van der Waals surface area contributed by atoms with E-state index in [1.807, 2.05) is 6.92 Å². The van der Waals surface area contributed by atoms with Crippen molar-refractivity contribution in [3.63, 3.8) is 0 Å². The minimum Gasteiger partial charge on any atom is -0.491 e. The Morgan fingerprint density at radius 2 is 1.92 bits per heavy atom.